The molecule has 1 heterocycles. The van der Waals surface area contributed by atoms with E-state index in [2.05, 4.69) is 15.2 Å². The van der Waals surface area contributed by atoms with Crippen molar-refractivity contribution in [1.82, 2.24) is 15.2 Å². The molecule has 0 fully saturated rings. The summed E-state index contributed by atoms with van der Waals surface area (Å²) in [5.41, 5.74) is -0.360. The molecule has 0 bridgehead atoms. The van der Waals surface area contributed by atoms with Crippen LogP contribution in [0.25, 0.3) is 0 Å². The van der Waals surface area contributed by atoms with E-state index < -0.39 is 10.2 Å². The van der Waals surface area contributed by atoms with E-state index in [1.165, 1.54) is 6.07 Å². The molecule has 0 saturated heterocycles. The lowest BCUT2D eigenvalue weighted by Crippen LogP contribution is -1.97. The van der Waals surface area contributed by atoms with Gasteiger partial charge >= 0.3 is 0 Å². The molecular formula is C11H8Cl2N4O3S. The number of carbonyl (C=O) groups is 1. The van der Waals surface area contributed by atoms with Crippen molar-refractivity contribution in [3.63, 3.8) is 0 Å². The minimum Gasteiger partial charge on any atom is -0.276 e. The van der Waals surface area contributed by atoms with Crippen molar-refractivity contribution in [2.24, 2.45) is 0 Å². The zero-order chi connectivity index (χ0) is 15.6. The Hall–Kier alpha value is -1.64. The number of nitro groups is 1. The fourth-order valence-electron chi connectivity index (χ4n) is 1.50. The monoisotopic (exact) mass is 346 g/mol. The van der Waals surface area contributed by atoms with Crippen molar-refractivity contribution in [2.75, 3.05) is 0 Å². The number of hydrogen-bond acceptors (Lipinski definition) is 6. The van der Waals surface area contributed by atoms with Crippen LogP contribution < -0.4 is 0 Å². The molecule has 0 aliphatic carbocycles. The third-order valence-corrected chi connectivity index (χ3v) is 4.11. The second-order valence-corrected chi connectivity index (χ2v) is 5.59. The molecule has 0 aliphatic heterocycles. The fraction of sp³-hybridized carbons (Fsp3) is 0.182. The zero-order valence-corrected chi connectivity index (χ0v) is 12.9. The molecule has 1 aromatic carbocycles. The molecule has 0 atom stereocenters. The normalized spacial score (nSPS) is 10.6. The molecule has 0 aliphatic rings. The average molecular weight is 347 g/mol. The van der Waals surface area contributed by atoms with E-state index in [4.69, 9.17) is 23.2 Å². The number of halogens is 2. The summed E-state index contributed by atoms with van der Waals surface area (Å²) in [7, 11) is 0. The van der Waals surface area contributed by atoms with Crippen LogP contribution in [0, 0.1) is 10.1 Å². The Morgan fingerprint density at radius 3 is 2.76 bits per heavy atom. The fourth-order valence-corrected chi connectivity index (χ4v) is 2.77. The summed E-state index contributed by atoms with van der Waals surface area (Å²) < 4.78 is 0. The summed E-state index contributed by atoms with van der Waals surface area (Å²) in [6.07, 6.45) is 0.656. The molecule has 0 saturated carbocycles. The number of benzene rings is 1. The van der Waals surface area contributed by atoms with Crippen LogP contribution in [0.1, 0.15) is 23.1 Å². The average Bonchev–Trinajstić information content (AvgIpc) is 2.88. The molecular weight excluding hydrogens is 339 g/mol. The zero-order valence-electron chi connectivity index (χ0n) is 10.6. The van der Waals surface area contributed by atoms with Crippen molar-refractivity contribution in [3.8, 4) is 0 Å². The van der Waals surface area contributed by atoms with Crippen LogP contribution in [0.2, 0.25) is 5.02 Å². The number of aromatic amines is 1. The highest BCUT2D eigenvalue weighted by Crippen LogP contribution is 2.39. The molecule has 10 heteroatoms. The van der Waals surface area contributed by atoms with E-state index in [0.29, 0.717) is 17.4 Å². The highest BCUT2D eigenvalue weighted by atomic mass is 35.5. The van der Waals surface area contributed by atoms with Gasteiger partial charge in [-0.15, -0.1) is 5.10 Å². The van der Waals surface area contributed by atoms with Gasteiger partial charge in [-0.2, -0.15) is 0 Å². The maximum atomic E-state index is 11.1. The Balaban J connectivity index is 2.46. The molecule has 7 nitrogen and oxygen atoms in total. The summed E-state index contributed by atoms with van der Waals surface area (Å²) in [6.45, 7) is 1.89. The van der Waals surface area contributed by atoms with E-state index in [1.807, 2.05) is 6.92 Å². The van der Waals surface area contributed by atoms with Crippen LogP contribution in [0.4, 0.5) is 5.69 Å². The van der Waals surface area contributed by atoms with Crippen molar-refractivity contribution in [3.05, 3.63) is 38.7 Å². The summed E-state index contributed by atoms with van der Waals surface area (Å²) in [6, 6.07) is 2.36. The number of carbonyl (C=O) groups excluding carboxylic acids is 1. The predicted molar refractivity (Wildman–Crippen MR) is 78.2 cm³/mol. The van der Waals surface area contributed by atoms with Gasteiger partial charge in [-0.1, -0.05) is 18.5 Å². The van der Waals surface area contributed by atoms with Crippen molar-refractivity contribution in [2.45, 2.75) is 23.4 Å². The second kappa shape index (κ2) is 6.42. The van der Waals surface area contributed by atoms with Gasteiger partial charge in [0, 0.05) is 18.1 Å². The number of rotatable bonds is 5. The first-order chi connectivity index (χ1) is 9.92. The number of nitrogens with one attached hydrogen (secondary N) is 1. The first-order valence-corrected chi connectivity index (χ1v) is 7.26. The van der Waals surface area contributed by atoms with Gasteiger partial charge in [-0.05, 0) is 29.4 Å². The van der Waals surface area contributed by atoms with Gasteiger partial charge in [0.2, 0.25) is 5.16 Å². The highest BCUT2D eigenvalue weighted by Gasteiger charge is 2.23. The van der Waals surface area contributed by atoms with Crippen LogP contribution in [0.5, 0.6) is 0 Å². The van der Waals surface area contributed by atoms with Gasteiger partial charge in [0.15, 0.2) is 0 Å². The van der Waals surface area contributed by atoms with Gasteiger partial charge in [0.05, 0.1) is 9.95 Å². The minimum atomic E-state index is -0.817. The molecule has 110 valence electrons. The van der Waals surface area contributed by atoms with Crippen LogP contribution in [0.3, 0.4) is 0 Å². The number of nitrogens with zero attached hydrogens (tertiary/aromatic N) is 3. The van der Waals surface area contributed by atoms with E-state index in [0.717, 1.165) is 17.8 Å². The lowest BCUT2D eigenvalue weighted by atomic mass is 10.2. The lowest BCUT2D eigenvalue weighted by Gasteiger charge is -2.04. The van der Waals surface area contributed by atoms with E-state index >= 15 is 0 Å². The standard InChI is InChI=1S/C11H8Cl2N4O3S/c1-2-8-14-11(16-15-8)21-9-6(12)3-5(10(13)18)4-7(9)17(19)20/h3-4H,2H2,1H3,(H,14,15,16). The SMILES string of the molecule is CCc1nc(Sc2c(Cl)cc(C(=O)Cl)cc2[N+](=O)[O-])n[nH]1. The largest absolute Gasteiger partial charge is 0.285 e. The molecule has 2 aromatic rings. The highest BCUT2D eigenvalue weighted by molar-refractivity contribution is 7.99. The molecule has 2 rings (SSSR count). The quantitative estimate of drug-likeness (QED) is 0.505. The van der Waals surface area contributed by atoms with Gasteiger partial charge in [0.1, 0.15) is 10.7 Å². The van der Waals surface area contributed by atoms with Crippen LogP contribution in [-0.4, -0.2) is 25.3 Å². The maximum absolute atomic E-state index is 11.1. The second-order valence-electron chi connectivity index (χ2n) is 3.86. The Kier molecular flexibility index (Phi) is 4.81. The van der Waals surface area contributed by atoms with Gasteiger partial charge in [0.25, 0.3) is 10.9 Å². The summed E-state index contributed by atoms with van der Waals surface area (Å²) in [4.78, 5) is 25.9. The van der Waals surface area contributed by atoms with Crippen LogP contribution in [-0.2, 0) is 6.42 Å². The van der Waals surface area contributed by atoms with E-state index in [1.54, 1.807) is 0 Å². The molecule has 0 radical (unpaired) electrons. The van der Waals surface area contributed by atoms with Gasteiger partial charge in [-0.3, -0.25) is 20.0 Å². The van der Waals surface area contributed by atoms with Gasteiger partial charge in [-0.25, -0.2) is 4.98 Å². The Labute approximate surface area is 133 Å². The first kappa shape index (κ1) is 15.7. The van der Waals surface area contributed by atoms with Crippen molar-refractivity contribution in [1.29, 1.82) is 0 Å². The smallest absolute Gasteiger partial charge is 0.276 e. The summed E-state index contributed by atoms with van der Waals surface area (Å²) in [5, 5.41) is 17.3. The number of hydrogen-bond donors (Lipinski definition) is 1. The van der Waals surface area contributed by atoms with Crippen LogP contribution in [0.15, 0.2) is 22.2 Å². The number of aryl methyl sites for hydroxylation is 1. The van der Waals surface area contributed by atoms with E-state index in [-0.39, 0.29) is 21.2 Å². The summed E-state index contributed by atoms with van der Waals surface area (Å²) >= 11 is 12.3. The Morgan fingerprint density at radius 1 is 1.52 bits per heavy atom. The van der Waals surface area contributed by atoms with E-state index in [9.17, 15) is 14.9 Å². The minimum absolute atomic E-state index is 0.0399. The molecule has 1 aromatic heterocycles. The number of nitro benzene ring substituents is 1. The maximum Gasteiger partial charge on any atom is 0.285 e. The third kappa shape index (κ3) is 3.52. The topological polar surface area (TPSA) is 102 Å². The first-order valence-electron chi connectivity index (χ1n) is 5.69. The van der Waals surface area contributed by atoms with Crippen molar-refractivity contribution < 1.29 is 9.72 Å². The Morgan fingerprint density at radius 2 is 2.24 bits per heavy atom. The Bertz CT molecular complexity index is 719. The third-order valence-electron chi connectivity index (χ3n) is 2.49. The van der Waals surface area contributed by atoms with Gasteiger partial charge < -0.3 is 0 Å². The number of H-pyrrole nitrogens is 1. The van der Waals surface area contributed by atoms with Crippen molar-refractivity contribution >= 4 is 45.9 Å². The molecule has 0 spiro atoms. The molecule has 21 heavy (non-hydrogen) atoms. The lowest BCUT2D eigenvalue weighted by molar-refractivity contribution is -0.387. The number of aromatic nitrogens is 3. The summed E-state index contributed by atoms with van der Waals surface area (Å²) in [5.74, 6) is 0.656. The molecule has 0 amide bonds. The van der Waals surface area contributed by atoms with Crippen LogP contribution >= 0.6 is 35.0 Å². The predicted octanol–water partition coefficient (Wildman–Crippen LogP) is 3.46. The molecule has 1 N–H and O–H groups in total. The molecule has 0 unspecified atom stereocenters.